The highest BCUT2D eigenvalue weighted by Crippen LogP contribution is 2.53. The van der Waals surface area contributed by atoms with Crippen LogP contribution in [0.25, 0.3) is 0 Å². The Morgan fingerprint density at radius 2 is 0.886 bits per heavy atom. The second kappa shape index (κ2) is 10.8. The maximum Gasteiger partial charge on any atom is 0.208 e. The molecule has 0 aliphatic heterocycles. The maximum atomic E-state index is 15.6. The van der Waals surface area contributed by atoms with E-state index < -0.39 is 13.3 Å². The lowest BCUT2D eigenvalue weighted by Gasteiger charge is -2.40. The predicted octanol–water partition coefficient (Wildman–Crippen LogP) is 5.79. The van der Waals surface area contributed by atoms with Crippen molar-refractivity contribution >= 4 is 51.7 Å². The number of nitrogens with zero attached hydrogens (tertiary/aromatic N) is 1. The summed E-state index contributed by atoms with van der Waals surface area (Å²) in [7, 11) is -3.23. The first kappa shape index (κ1) is 25.8. The average Bonchev–Trinajstić information content (AvgIpc) is 2.89. The van der Waals surface area contributed by atoms with Crippen molar-refractivity contribution in [1.82, 2.24) is 4.67 Å². The Kier molecular flexibility index (Phi) is 7.94. The topological polar surface area (TPSA) is 20.3 Å². The van der Waals surface area contributed by atoms with E-state index in [-0.39, 0.29) is 12.1 Å². The minimum atomic E-state index is -3.23. The molecule has 0 spiro atoms. The zero-order chi connectivity index (χ0) is 25.1. The summed E-state index contributed by atoms with van der Waals surface area (Å²) in [4.78, 5) is 0. The van der Waals surface area contributed by atoms with Crippen molar-refractivity contribution in [3.05, 3.63) is 115 Å². The highest BCUT2D eigenvalue weighted by molar-refractivity contribution is 8.25. The standard InChI is InChI=1S/C30H33NOP2S/c1-24(2)31(25(3)4)34(32,28-20-12-7-13-21-28)30-23-15-14-22-29(30)33(35,26-16-8-5-9-17-26)27-18-10-6-11-19-27/h5-25H,1-4H3. The van der Waals surface area contributed by atoms with Gasteiger partial charge in [-0.25, -0.2) is 4.67 Å². The van der Waals surface area contributed by atoms with E-state index in [2.05, 4.69) is 62.7 Å². The quantitative estimate of drug-likeness (QED) is 0.276. The fourth-order valence-corrected chi connectivity index (χ4v) is 13.3. The van der Waals surface area contributed by atoms with E-state index in [4.69, 9.17) is 11.8 Å². The average molecular weight is 518 g/mol. The minimum absolute atomic E-state index is 0.0837. The van der Waals surface area contributed by atoms with Crippen LogP contribution in [0.5, 0.6) is 0 Å². The van der Waals surface area contributed by atoms with E-state index in [1.165, 1.54) is 0 Å². The van der Waals surface area contributed by atoms with Crippen LogP contribution >= 0.6 is 13.3 Å². The zero-order valence-corrected chi connectivity index (χ0v) is 23.4. The fourth-order valence-electron chi connectivity index (χ4n) is 4.96. The van der Waals surface area contributed by atoms with Crippen molar-refractivity contribution in [2.45, 2.75) is 39.8 Å². The molecule has 5 heteroatoms. The number of rotatable bonds is 8. The first-order chi connectivity index (χ1) is 16.8. The molecule has 0 N–H and O–H groups in total. The lowest BCUT2D eigenvalue weighted by atomic mass is 10.3. The highest BCUT2D eigenvalue weighted by Gasteiger charge is 2.42. The molecular formula is C30H33NOP2S. The Bertz CT molecular complexity index is 1300. The fraction of sp³-hybridized carbons (Fsp3) is 0.200. The van der Waals surface area contributed by atoms with Crippen LogP contribution in [0, 0.1) is 0 Å². The Morgan fingerprint density at radius 3 is 1.29 bits per heavy atom. The van der Waals surface area contributed by atoms with Crippen molar-refractivity contribution in [2.24, 2.45) is 0 Å². The largest absolute Gasteiger partial charge is 0.296 e. The van der Waals surface area contributed by atoms with Gasteiger partial charge in [0.15, 0.2) is 0 Å². The van der Waals surface area contributed by atoms with Crippen LogP contribution in [0.2, 0.25) is 0 Å². The van der Waals surface area contributed by atoms with Crippen LogP contribution in [-0.2, 0) is 16.4 Å². The maximum absolute atomic E-state index is 15.6. The van der Waals surface area contributed by atoms with Gasteiger partial charge in [0.2, 0.25) is 7.29 Å². The molecule has 0 saturated heterocycles. The van der Waals surface area contributed by atoms with Gasteiger partial charge in [0.1, 0.15) is 0 Å². The molecule has 0 heterocycles. The van der Waals surface area contributed by atoms with Crippen LogP contribution in [0.3, 0.4) is 0 Å². The Morgan fingerprint density at radius 1 is 0.543 bits per heavy atom. The summed E-state index contributed by atoms with van der Waals surface area (Å²) in [6.45, 7) is 8.51. The second-order valence-electron chi connectivity index (χ2n) is 9.25. The molecule has 0 aliphatic carbocycles. The molecule has 1 unspecified atom stereocenters. The Labute approximate surface area is 215 Å². The molecule has 2 nitrogen and oxygen atoms in total. The molecule has 4 aromatic rings. The lowest BCUT2D eigenvalue weighted by molar-refractivity contribution is 0.307. The second-order valence-corrected chi connectivity index (χ2v) is 16.2. The SMILES string of the molecule is CC(C)N(C(C)C)P(=O)(c1ccccc1)c1ccccc1P(=S)(c1ccccc1)c1ccccc1. The smallest absolute Gasteiger partial charge is 0.208 e. The van der Waals surface area contributed by atoms with Gasteiger partial charge >= 0.3 is 0 Å². The summed E-state index contributed by atoms with van der Waals surface area (Å²) in [6, 6.07) is 36.6. The minimum Gasteiger partial charge on any atom is -0.296 e. The summed E-state index contributed by atoms with van der Waals surface area (Å²) in [5.41, 5.74) is 0. The van der Waals surface area contributed by atoms with Crippen molar-refractivity contribution in [2.75, 3.05) is 0 Å². The van der Waals surface area contributed by atoms with Gasteiger partial charge < -0.3 is 0 Å². The summed E-state index contributed by atoms with van der Waals surface area (Å²) in [5.74, 6) is 0. The van der Waals surface area contributed by atoms with Gasteiger partial charge in [-0.1, -0.05) is 109 Å². The zero-order valence-electron chi connectivity index (χ0n) is 20.8. The molecule has 0 aromatic heterocycles. The molecule has 0 aliphatic rings. The third kappa shape index (κ3) is 4.76. The van der Waals surface area contributed by atoms with E-state index >= 15 is 4.57 Å². The van der Waals surface area contributed by atoms with Gasteiger partial charge in [0.25, 0.3) is 0 Å². The molecule has 180 valence electrons. The van der Waals surface area contributed by atoms with Gasteiger partial charge in [0, 0.05) is 34.0 Å². The molecule has 0 amide bonds. The normalized spacial score (nSPS) is 13.8. The molecule has 0 radical (unpaired) electrons. The van der Waals surface area contributed by atoms with E-state index in [9.17, 15) is 0 Å². The number of benzene rings is 4. The van der Waals surface area contributed by atoms with Gasteiger partial charge in [-0.15, -0.1) is 0 Å². The summed E-state index contributed by atoms with van der Waals surface area (Å²) in [5, 5.41) is 4.91. The molecule has 35 heavy (non-hydrogen) atoms. The first-order valence-electron chi connectivity index (χ1n) is 12.1. The lowest BCUT2D eigenvalue weighted by Crippen LogP contribution is -2.45. The molecule has 4 rings (SSSR count). The summed E-state index contributed by atoms with van der Waals surface area (Å²) >= 11 is 6.70. The number of hydrogen-bond acceptors (Lipinski definition) is 2. The van der Waals surface area contributed by atoms with E-state index in [0.717, 1.165) is 26.5 Å². The Balaban J connectivity index is 2.11. The molecule has 4 aromatic carbocycles. The van der Waals surface area contributed by atoms with Crippen LogP contribution in [0.4, 0.5) is 0 Å². The van der Waals surface area contributed by atoms with Gasteiger partial charge in [0.05, 0.1) is 0 Å². The van der Waals surface area contributed by atoms with Gasteiger partial charge in [-0.2, -0.15) is 0 Å². The number of hydrogen-bond donors (Lipinski definition) is 0. The molecule has 0 fully saturated rings. The Hall–Kier alpha value is -2.28. The van der Waals surface area contributed by atoms with Crippen molar-refractivity contribution in [1.29, 1.82) is 0 Å². The summed E-state index contributed by atoms with van der Waals surface area (Å²) < 4.78 is 17.8. The summed E-state index contributed by atoms with van der Waals surface area (Å²) in [6.07, 6.45) is 0. The van der Waals surface area contributed by atoms with Crippen LogP contribution in [-0.4, -0.2) is 16.8 Å². The highest BCUT2D eigenvalue weighted by atomic mass is 32.4. The van der Waals surface area contributed by atoms with E-state index in [1.807, 2.05) is 84.9 Å². The van der Waals surface area contributed by atoms with Gasteiger partial charge in [-0.3, -0.25) is 4.57 Å². The predicted molar refractivity (Wildman–Crippen MR) is 158 cm³/mol. The van der Waals surface area contributed by atoms with Crippen molar-refractivity contribution in [3.63, 3.8) is 0 Å². The monoisotopic (exact) mass is 517 g/mol. The third-order valence-electron chi connectivity index (χ3n) is 6.28. The molecule has 0 saturated carbocycles. The van der Waals surface area contributed by atoms with Crippen molar-refractivity contribution < 1.29 is 4.57 Å². The van der Waals surface area contributed by atoms with Gasteiger partial charge in [-0.05, 0) is 56.5 Å². The molecular weight excluding hydrogens is 484 g/mol. The van der Waals surface area contributed by atoms with E-state index in [0.29, 0.717) is 0 Å². The first-order valence-corrected chi connectivity index (χ1v) is 16.5. The van der Waals surface area contributed by atoms with Crippen molar-refractivity contribution in [3.8, 4) is 0 Å². The molecule has 0 bridgehead atoms. The van der Waals surface area contributed by atoms with Crippen LogP contribution in [0.1, 0.15) is 27.7 Å². The molecule has 1 atom stereocenters. The third-order valence-corrected chi connectivity index (χ3v) is 15.0. The van der Waals surface area contributed by atoms with Crippen LogP contribution < -0.4 is 26.5 Å². The van der Waals surface area contributed by atoms with Crippen LogP contribution in [0.15, 0.2) is 115 Å². The van der Waals surface area contributed by atoms with E-state index in [1.54, 1.807) is 0 Å².